The largest absolute Gasteiger partial charge is 0.351 e. The molecule has 5 rings (SSSR count). The molecule has 0 unspecified atom stereocenters. The van der Waals surface area contributed by atoms with Gasteiger partial charge in [0.2, 0.25) is 11.9 Å². The Balaban J connectivity index is 1.45. The monoisotopic (exact) mass is 392 g/mol. The number of nitrogens with zero attached hydrogens (tertiary/aromatic N) is 6. The van der Waals surface area contributed by atoms with E-state index in [0.29, 0.717) is 13.0 Å². The minimum atomic E-state index is 0.196. The number of fused-ring (bicyclic) bond motifs is 2. The quantitative estimate of drug-likeness (QED) is 0.795. The molecule has 2 fully saturated rings. The molecule has 7 nitrogen and oxygen atoms in total. The molecule has 7 heteroatoms. The summed E-state index contributed by atoms with van der Waals surface area (Å²) in [4.78, 5) is 33.5. The van der Waals surface area contributed by atoms with Crippen LogP contribution in [0.15, 0.2) is 24.4 Å². The van der Waals surface area contributed by atoms with Crippen LogP contribution in [0.4, 0.5) is 11.8 Å². The number of anilines is 2. The molecule has 0 aromatic carbocycles. The SMILES string of the molecule is CN(C)c1nc2c(c(N3CC[C@H]4[C@@H]3CC(=O)N4Cc3ccccn3)n1)CCCC2. The molecule has 1 amide bonds. The van der Waals surface area contributed by atoms with Crippen LogP contribution in [0.3, 0.4) is 0 Å². The maximum Gasteiger partial charge on any atom is 0.227 e. The van der Waals surface area contributed by atoms with E-state index in [1.54, 1.807) is 6.20 Å². The number of aromatic nitrogens is 3. The zero-order valence-electron chi connectivity index (χ0n) is 17.2. The first-order valence-corrected chi connectivity index (χ1v) is 10.6. The zero-order valence-corrected chi connectivity index (χ0v) is 17.2. The summed E-state index contributed by atoms with van der Waals surface area (Å²) in [6, 6.07) is 6.33. The van der Waals surface area contributed by atoms with Gasteiger partial charge in [0.25, 0.3) is 0 Å². The second-order valence-electron chi connectivity index (χ2n) is 8.54. The minimum Gasteiger partial charge on any atom is -0.351 e. The van der Waals surface area contributed by atoms with Crippen molar-refractivity contribution in [3.05, 3.63) is 41.3 Å². The highest BCUT2D eigenvalue weighted by atomic mass is 16.2. The molecule has 2 saturated heterocycles. The van der Waals surface area contributed by atoms with Crippen molar-refractivity contribution in [1.29, 1.82) is 0 Å². The molecule has 29 heavy (non-hydrogen) atoms. The molecular formula is C22H28N6O. The third kappa shape index (κ3) is 3.22. The van der Waals surface area contributed by atoms with Gasteiger partial charge < -0.3 is 14.7 Å². The molecular weight excluding hydrogens is 364 g/mol. The van der Waals surface area contributed by atoms with Crippen molar-refractivity contribution in [2.75, 3.05) is 30.4 Å². The normalized spacial score (nSPS) is 23.3. The number of hydrogen-bond acceptors (Lipinski definition) is 6. The van der Waals surface area contributed by atoms with E-state index >= 15 is 0 Å². The van der Waals surface area contributed by atoms with Crippen molar-refractivity contribution >= 4 is 17.7 Å². The first-order chi connectivity index (χ1) is 14.1. The van der Waals surface area contributed by atoms with Crippen molar-refractivity contribution in [2.45, 2.75) is 57.2 Å². The summed E-state index contributed by atoms with van der Waals surface area (Å²) in [7, 11) is 3.99. The van der Waals surface area contributed by atoms with Crippen LogP contribution in [0.5, 0.6) is 0 Å². The maximum atomic E-state index is 12.9. The van der Waals surface area contributed by atoms with Crippen LogP contribution in [-0.2, 0) is 24.2 Å². The van der Waals surface area contributed by atoms with Gasteiger partial charge in [-0.25, -0.2) is 4.98 Å². The van der Waals surface area contributed by atoms with Crippen LogP contribution < -0.4 is 9.80 Å². The molecule has 0 spiro atoms. The number of carbonyl (C=O) groups excluding carboxylic acids is 1. The van der Waals surface area contributed by atoms with Crippen LogP contribution in [0, 0.1) is 0 Å². The number of amides is 1. The lowest BCUT2D eigenvalue weighted by molar-refractivity contribution is -0.129. The van der Waals surface area contributed by atoms with E-state index in [0.717, 1.165) is 43.3 Å². The summed E-state index contributed by atoms with van der Waals surface area (Å²) in [5.41, 5.74) is 3.45. The molecule has 152 valence electrons. The highest BCUT2D eigenvalue weighted by Gasteiger charge is 2.48. The second-order valence-corrected chi connectivity index (χ2v) is 8.54. The fourth-order valence-electron chi connectivity index (χ4n) is 5.06. The van der Waals surface area contributed by atoms with E-state index < -0.39 is 0 Å². The lowest BCUT2D eigenvalue weighted by atomic mass is 9.96. The Hall–Kier alpha value is -2.70. The third-order valence-corrected chi connectivity index (χ3v) is 6.49. The Morgan fingerprint density at radius 1 is 1.14 bits per heavy atom. The van der Waals surface area contributed by atoms with E-state index in [2.05, 4.69) is 9.88 Å². The molecule has 0 N–H and O–H groups in total. The van der Waals surface area contributed by atoms with Crippen LogP contribution in [0.1, 0.15) is 42.6 Å². The van der Waals surface area contributed by atoms with E-state index in [4.69, 9.17) is 9.97 Å². The lowest BCUT2D eigenvalue weighted by Crippen LogP contribution is -2.38. The summed E-state index contributed by atoms with van der Waals surface area (Å²) in [5, 5.41) is 0. The average molecular weight is 393 g/mol. The van der Waals surface area contributed by atoms with Gasteiger partial charge in [-0.3, -0.25) is 9.78 Å². The van der Waals surface area contributed by atoms with Gasteiger partial charge in [0.05, 0.1) is 30.0 Å². The standard InChI is InChI=1S/C22H28N6O/c1-26(2)22-24-17-9-4-3-8-16(17)21(25-22)27-12-10-18-19(27)13-20(29)28(18)14-15-7-5-6-11-23-15/h5-7,11,18-19H,3-4,8-10,12-14H2,1-2H3/t18-,19-/m0/s1. The molecule has 3 aliphatic rings. The molecule has 1 aliphatic carbocycles. The fraction of sp³-hybridized carbons (Fsp3) is 0.545. The van der Waals surface area contributed by atoms with E-state index in [-0.39, 0.29) is 18.0 Å². The number of carbonyl (C=O) groups is 1. The third-order valence-electron chi connectivity index (χ3n) is 6.49. The fourth-order valence-corrected chi connectivity index (χ4v) is 5.06. The number of hydrogen-bond donors (Lipinski definition) is 0. The van der Waals surface area contributed by atoms with Gasteiger partial charge >= 0.3 is 0 Å². The Kier molecular flexibility index (Phi) is 4.60. The summed E-state index contributed by atoms with van der Waals surface area (Å²) >= 11 is 0. The first kappa shape index (κ1) is 18.3. The number of likely N-dealkylation sites (tertiary alicyclic amines) is 1. The number of aryl methyl sites for hydroxylation is 1. The summed E-state index contributed by atoms with van der Waals surface area (Å²) in [6.07, 6.45) is 7.80. The molecule has 0 bridgehead atoms. The minimum absolute atomic E-state index is 0.196. The van der Waals surface area contributed by atoms with Gasteiger partial charge in [0.15, 0.2) is 0 Å². The number of pyridine rings is 1. The highest BCUT2D eigenvalue weighted by molar-refractivity contribution is 5.81. The van der Waals surface area contributed by atoms with Gasteiger partial charge in [-0.05, 0) is 44.2 Å². The molecule has 0 saturated carbocycles. The Bertz CT molecular complexity index is 915. The molecule has 2 aromatic rings. The van der Waals surface area contributed by atoms with Crippen molar-refractivity contribution in [2.24, 2.45) is 0 Å². The van der Waals surface area contributed by atoms with Gasteiger partial charge in [-0.1, -0.05) is 6.07 Å². The van der Waals surface area contributed by atoms with Crippen molar-refractivity contribution in [3.63, 3.8) is 0 Å². The Morgan fingerprint density at radius 3 is 2.79 bits per heavy atom. The second kappa shape index (κ2) is 7.28. The molecule has 0 radical (unpaired) electrons. The maximum absolute atomic E-state index is 12.9. The predicted molar refractivity (Wildman–Crippen MR) is 112 cm³/mol. The molecule has 4 heterocycles. The molecule has 2 aliphatic heterocycles. The van der Waals surface area contributed by atoms with Crippen molar-refractivity contribution in [1.82, 2.24) is 19.9 Å². The Labute approximate surface area is 171 Å². The van der Waals surface area contributed by atoms with E-state index in [9.17, 15) is 4.79 Å². The van der Waals surface area contributed by atoms with Gasteiger partial charge in [-0.2, -0.15) is 4.98 Å². The average Bonchev–Trinajstić information content (AvgIpc) is 3.27. The number of rotatable bonds is 4. The summed E-state index contributed by atoms with van der Waals surface area (Å²) < 4.78 is 0. The van der Waals surface area contributed by atoms with Crippen molar-refractivity contribution < 1.29 is 4.79 Å². The van der Waals surface area contributed by atoms with Crippen molar-refractivity contribution in [3.8, 4) is 0 Å². The summed E-state index contributed by atoms with van der Waals surface area (Å²) in [5.74, 6) is 2.07. The van der Waals surface area contributed by atoms with Crippen LogP contribution in [0.2, 0.25) is 0 Å². The molecule has 2 aromatic heterocycles. The molecule has 2 atom stereocenters. The van der Waals surface area contributed by atoms with E-state index in [1.807, 2.05) is 42.1 Å². The topological polar surface area (TPSA) is 65.5 Å². The lowest BCUT2D eigenvalue weighted by Gasteiger charge is -2.30. The first-order valence-electron chi connectivity index (χ1n) is 10.6. The predicted octanol–water partition coefficient (Wildman–Crippen LogP) is 2.20. The zero-order chi connectivity index (χ0) is 20.0. The van der Waals surface area contributed by atoms with Gasteiger partial charge in [0, 0.05) is 38.8 Å². The highest BCUT2D eigenvalue weighted by Crippen LogP contribution is 2.39. The van der Waals surface area contributed by atoms with Crippen LogP contribution >= 0.6 is 0 Å². The van der Waals surface area contributed by atoms with Crippen LogP contribution in [-0.4, -0.2) is 58.5 Å². The van der Waals surface area contributed by atoms with Gasteiger partial charge in [0.1, 0.15) is 5.82 Å². The Morgan fingerprint density at radius 2 is 2.00 bits per heavy atom. The summed E-state index contributed by atoms with van der Waals surface area (Å²) in [6.45, 7) is 1.54. The van der Waals surface area contributed by atoms with Crippen LogP contribution in [0.25, 0.3) is 0 Å². The smallest absolute Gasteiger partial charge is 0.227 e. The van der Waals surface area contributed by atoms with Gasteiger partial charge in [-0.15, -0.1) is 0 Å². The van der Waals surface area contributed by atoms with E-state index in [1.165, 1.54) is 24.1 Å².